The fourth-order valence-corrected chi connectivity index (χ4v) is 4.22. The van der Waals surface area contributed by atoms with E-state index in [1.54, 1.807) is 41.8 Å². The largest absolute Gasteiger partial charge is 0.351 e. The SMILES string of the molecule is CC(Sc1nc2ccccc2c(=O)n1Cc1ccc(F)cc1)C(=O)NCc1ccccc1. The maximum absolute atomic E-state index is 13.3. The van der Waals surface area contributed by atoms with Crippen molar-refractivity contribution in [2.24, 2.45) is 0 Å². The Labute approximate surface area is 189 Å². The minimum absolute atomic E-state index is 0.144. The number of aromatic nitrogens is 2. The minimum atomic E-state index is -0.466. The van der Waals surface area contributed by atoms with Gasteiger partial charge in [-0.15, -0.1) is 0 Å². The summed E-state index contributed by atoms with van der Waals surface area (Å²) in [6, 6.07) is 22.8. The van der Waals surface area contributed by atoms with Crippen LogP contribution in [0.25, 0.3) is 10.9 Å². The van der Waals surface area contributed by atoms with E-state index < -0.39 is 5.25 Å². The minimum Gasteiger partial charge on any atom is -0.351 e. The Balaban J connectivity index is 1.60. The fourth-order valence-electron chi connectivity index (χ4n) is 3.29. The van der Waals surface area contributed by atoms with Crippen LogP contribution in [0.1, 0.15) is 18.1 Å². The van der Waals surface area contributed by atoms with Crippen molar-refractivity contribution < 1.29 is 9.18 Å². The fraction of sp³-hybridized carbons (Fsp3) is 0.160. The molecular weight excluding hydrogens is 425 g/mol. The number of para-hydroxylation sites is 1. The van der Waals surface area contributed by atoms with E-state index in [1.807, 2.05) is 36.4 Å². The first-order valence-corrected chi connectivity index (χ1v) is 11.1. The van der Waals surface area contributed by atoms with Gasteiger partial charge in [0, 0.05) is 6.54 Å². The first-order chi connectivity index (χ1) is 15.5. The van der Waals surface area contributed by atoms with E-state index in [0.717, 1.165) is 11.1 Å². The van der Waals surface area contributed by atoms with Gasteiger partial charge in [0.1, 0.15) is 5.82 Å². The summed E-state index contributed by atoms with van der Waals surface area (Å²) in [7, 11) is 0. The van der Waals surface area contributed by atoms with Crippen LogP contribution in [0.3, 0.4) is 0 Å². The summed E-state index contributed by atoms with van der Waals surface area (Å²) in [6.07, 6.45) is 0. The summed E-state index contributed by atoms with van der Waals surface area (Å²) in [5.41, 5.74) is 2.16. The third-order valence-electron chi connectivity index (χ3n) is 5.04. The molecule has 4 aromatic rings. The van der Waals surface area contributed by atoms with E-state index >= 15 is 0 Å². The Hall–Kier alpha value is -3.45. The van der Waals surface area contributed by atoms with Gasteiger partial charge >= 0.3 is 0 Å². The Morgan fingerprint density at radius 1 is 1.00 bits per heavy atom. The van der Waals surface area contributed by atoms with Gasteiger partial charge in [-0.25, -0.2) is 9.37 Å². The number of halogens is 1. The van der Waals surface area contributed by atoms with Crippen molar-refractivity contribution in [3.63, 3.8) is 0 Å². The molecule has 0 aliphatic carbocycles. The lowest BCUT2D eigenvalue weighted by Gasteiger charge is -2.16. The first-order valence-electron chi connectivity index (χ1n) is 10.2. The van der Waals surface area contributed by atoms with Crippen LogP contribution in [0, 0.1) is 5.82 Å². The van der Waals surface area contributed by atoms with Crippen LogP contribution in [-0.2, 0) is 17.9 Å². The van der Waals surface area contributed by atoms with Gasteiger partial charge in [-0.3, -0.25) is 14.2 Å². The molecule has 0 aliphatic rings. The quantitative estimate of drug-likeness (QED) is 0.337. The molecule has 1 aromatic heterocycles. The average Bonchev–Trinajstić information content (AvgIpc) is 2.82. The molecule has 0 spiro atoms. The van der Waals surface area contributed by atoms with Crippen LogP contribution in [0.15, 0.2) is 88.8 Å². The van der Waals surface area contributed by atoms with Crippen LogP contribution in [0.2, 0.25) is 0 Å². The summed E-state index contributed by atoms with van der Waals surface area (Å²) in [4.78, 5) is 30.6. The number of carbonyl (C=O) groups excluding carboxylic acids is 1. The second-order valence-electron chi connectivity index (χ2n) is 7.39. The van der Waals surface area contributed by atoms with E-state index in [2.05, 4.69) is 10.3 Å². The molecule has 1 unspecified atom stereocenters. The highest BCUT2D eigenvalue weighted by atomic mass is 32.2. The number of hydrogen-bond donors (Lipinski definition) is 1. The number of carbonyl (C=O) groups is 1. The van der Waals surface area contributed by atoms with Crippen molar-refractivity contribution in [1.82, 2.24) is 14.9 Å². The number of amides is 1. The van der Waals surface area contributed by atoms with Gasteiger partial charge < -0.3 is 5.32 Å². The van der Waals surface area contributed by atoms with Gasteiger partial charge in [0.25, 0.3) is 5.56 Å². The van der Waals surface area contributed by atoms with Crippen LogP contribution >= 0.6 is 11.8 Å². The molecule has 0 saturated carbocycles. The van der Waals surface area contributed by atoms with Crippen molar-refractivity contribution in [2.45, 2.75) is 30.4 Å². The molecule has 4 rings (SSSR count). The molecule has 162 valence electrons. The van der Waals surface area contributed by atoms with Crippen molar-refractivity contribution in [3.05, 3.63) is 106 Å². The number of fused-ring (bicyclic) bond motifs is 1. The zero-order valence-corrected chi connectivity index (χ0v) is 18.3. The maximum atomic E-state index is 13.3. The van der Waals surface area contributed by atoms with Gasteiger partial charge in [0.05, 0.1) is 22.7 Å². The Kier molecular flexibility index (Phi) is 6.66. The second-order valence-corrected chi connectivity index (χ2v) is 8.70. The molecule has 0 bridgehead atoms. The van der Waals surface area contributed by atoms with Crippen molar-refractivity contribution in [2.75, 3.05) is 0 Å². The molecule has 5 nitrogen and oxygen atoms in total. The highest BCUT2D eigenvalue weighted by Crippen LogP contribution is 2.23. The van der Waals surface area contributed by atoms with Gasteiger partial charge in [0.15, 0.2) is 5.16 Å². The molecule has 1 heterocycles. The van der Waals surface area contributed by atoms with E-state index in [0.29, 0.717) is 22.6 Å². The van der Waals surface area contributed by atoms with Gasteiger partial charge in [-0.2, -0.15) is 0 Å². The zero-order valence-electron chi connectivity index (χ0n) is 17.5. The molecule has 1 N–H and O–H groups in total. The Bertz CT molecular complexity index is 1290. The lowest BCUT2D eigenvalue weighted by atomic mass is 10.2. The van der Waals surface area contributed by atoms with Gasteiger partial charge in [-0.05, 0) is 42.3 Å². The number of nitrogens with one attached hydrogen (secondary N) is 1. The first kappa shape index (κ1) is 21.8. The monoisotopic (exact) mass is 447 g/mol. The third-order valence-corrected chi connectivity index (χ3v) is 6.13. The molecule has 0 saturated heterocycles. The molecular formula is C25H22FN3O2S. The molecule has 0 fully saturated rings. The average molecular weight is 448 g/mol. The van der Waals surface area contributed by atoms with Crippen molar-refractivity contribution >= 4 is 28.6 Å². The number of benzene rings is 3. The summed E-state index contributed by atoms with van der Waals surface area (Å²) < 4.78 is 14.9. The van der Waals surface area contributed by atoms with Crippen LogP contribution in [0.5, 0.6) is 0 Å². The Morgan fingerprint density at radius 3 is 2.44 bits per heavy atom. The number of nitrogens with zero attached hydrogens (tertiary/aromatic N) is 2. The highest BCUT2D eigenvalue weighted by Gasteiger charge is 2.19. The summed E-state index contributed by atoms with van der Waals surface area (Å²) in [5, 5.41) is 3.41. The standard InChI is InChI=1S/C25H22FN3O2S/c1-17(23(30)27-15-18-7-3-2-4-8-18)32-25-28-22-10-6-5-9-21(22)24(31)29(25)16-19-11-13-20(26)14-12-19/h2-14,17H,15-16H2,1H3,(H,27,30). The van der Waals surface area contributed by atoms with Crippen LogP contribution in [-0.4, -0.2) is 20.7 Å². The summed E-state index contributed by atoms with van der Waals surface area (Å²) >= 11 is 1.23. The topological polar surface area (TPSA) is 64.0 Å². The lowest BCUT2D eigenvalue weighted by molar-refractivity contribution is -0.120. The lowest BCUT2D eigenvalue weighted by Crippen LogP contribution is -2.31. The molecule has 1 amide bonds. The summed E-state index contributed by atoms with van der Waals surface area (Å²) in [6.45, 7) is 2.45. The molecule has 7 heteroatoms. The van der Waals surface area contributed by atoms with E-state index in [9.17, 15) is 14.0 Å². The van der Waals surface area contributed by atoms with Gasteiger partial charge in [-0.1, -0.05) is 66.4 Å². The third kappa shape index (κ3) is 5.06. The highest BCUT2D eigenvalue weighted by molar-refractivity contribution is 8.00. The number of hydrogen-bond acceptors (Lipinski definition) is 4. The Morgan fingerprint density at radius 2 is 1.69 bits per heavy atom. The summed E-state index contributed by atoms with van der Waals surface area (Å²) in [5.74, 6) is -0.481. The van der Waals surface area contributed by atoms with E-state index in [1.165, 1.54) is 23.9 Å². The predicted octanol–water partition coefficient (Wildman–Crippen LogP) is 4.38. The zero-order chi connectivity index (χ0) is 22.5. The number of rotatable bonds is 7. The van der Waals surface area contributed by atoms with E-state index in [4.69, 9.17) is 0 Å². The van der Waals surface area contributed by atoms with Crippen LogP contribution < -0.4 is 10.9 Å². The maximum Gasteiger partial charge on any atom is 0.262 e. The molecule has 0 aliphatic heterocycles. The molecule has 1 atom stereocenters. The van der Waals surface area contributed by atoms with Crippen LogP contribution in [0.4, 0.5) is 4.39 Å². The van der Waals surface area contributed by atoms with E-state index in [-0.39, 0.29) is 23.8 Å². The molecule has 0 radical (unpaired) electrons. The second kappa shape index (κ2) is 9.78. The molecule has 3 aromatic carbocycles. The number of thioether (sulfide) groups is 1. The smallest absolute Gasteiger partial charge is 0.262 e. The molecule has 32 heavy (non-hydrogen) atoms. The van der Waals surface area contributed by atoms with Crippen molar-refractivity contribution in [1.29, 1.82) is 0 Å². The normalized spacial score (nSPS) is 11.9. The van der Waals surface area contributed by atoms with Gasteiger partial charge in [0.2, 0.25) is 5.91 Å². The predicted molar refractivity (Wildman–Crippen MR) is 125 cm³/mol. The van der Waals surface area contributed by atoms with Crippen molar-refractivity contribution in [3.8, 4) is 0 Å².